The number of carbonyl (C=O) groups is 1. The standard InChI is InChI=1S/C31H34FNO4/c1-35-28-16-25-19-31(32,30(34)27(25)17-29(28)36-2)18-22-12-14-33(15-13-22)20-23-8-10-26(11-9-23)37-21-24-6-4-3-5-7-24/h3-11,16-17,22H,12-15,18-21H2,1-2H3. The number of likely N-dealkylation sites (tertiary alicyclic amines) is 1. The lowest BCUT2D eigenvalue weighted by Crippen LogP contribution is -2.38. The highest BCUT2D eigenvalue weighted by Gasteiger charge is 2.48. The highest BCUT2D eigenvalue weighted by molar-refractivity contribution is 6.07. The predicted molar refractivity (Wildman–Crippen MR) is 141 cm³/mol. The average molecular weight is 504 g/mol. The Morgan fingerprint density at radius 1 is 0.919 bits per heavy atom. The number of hydrogen-bond donors (Lipinski definition) is 0. The van der Waals surface area contributed by atoms with E-state index in [4.69, 9.17) is 14.2 Å². The second-order valence-electron chi connectivity index (χ2n) is 10.2. The lowest BCUT2D eigenvalue weighted by Gasteiger charge is -2.34. The number of methoxy groups -OCH3 is 2. The first-order chi connectivity index (χ1) is 18.0. The second kappa shape index (κ2) is 10.9. The number of hydrogen-bond acceptors (Lipinski definition) is 5. The van der Waals surface area contributed by atoms with Crippen LogP contribution in [0.5, 0.6) is 17.2 Å². The summed E-state index contributed by atoms with van der Waals surface area (Å²) in [4.78, 5) is 15.4. The maximum Gasteiger partial charge on any atom is 0.200 e. The molecule has 1 fully saturated rings. The van der Waals surface area contributed by atoms with Crippen molar-refractivity contribution in [2.45, 2.75) is 44.5 Å². The number of fused-ring (bicyclic) bond motifs is 1. The van der Waals surface area contributed by atoms with E-state index >= 15 is 4.39 Å². The van der Waals surface area contributed by atoms with Crippen molar-refractivity contribution in [3.8, 4) is 17.2 Å². The number of rotatable bonds is 9. The molecule has 0 radical (unpaired) electrons. The van der Waals surface area contributed by atoms with Crippen LogP contribution in [0.1, 0.15) is 46.3 Å². The topological polar surface area (TPSA) is 48.0 Å². The van der Waals surface area contributed by atoms with Crippen LogP contribution in [0.4, 0.5) is 4.39 Å². The molecule has 5 rings (SSSR count). The number of piperidine rings is 1. The van der Waals surface area contributed by atoms with E-state index < -0.39 is 11.5 Å². The summed E-state index contributed by atoms with van der Waals surface area (Å²) < 4.78 is 32.5. The van der Waals surface area contributed by atoms with E-state index in [1.54, 1.807) is 19.2 Å². The zero-order valence-electron chi connectivity index (χ0n) is 21.5. The summed E-state index contributed by atoms with van der Waals surface area (Å²) in [6.07, 6.45) is 2.16. The fourth-order valence-electron chi connectivity index (χ4n) is 5.56. The van der Waals surface area contributed by atoms with E-state index in [2.05, 4.69) is 29.2 Å². The van der Waals surface area contributed by atoms with Crippen LogP contribution in [-0.4, -0.2) is 43.7 Å². The molecule has 0 aromatic heterocycles. The molecule has 37 heavy (non-hydrogen) atoms. The lowest BCUT2D eigenvalue weighted by molar-refractivity contribution is 0.0587. The molecule has 2 aliphatic rings. The molecule has 1 atom stereocenters. The first kappa shape index (κ1) is 25.3. The van der Waals surface area contributed by atoms with Gasteiger partial charge in [-0.2, -0.15) is 0 Å². The summed E-state index contributed by atoms with van der Waals surface area (Å²) in [7, 11) is 3.07. The first-order valence-corrected chi connectivity index (χ1v) is 12.9. The van der Waals surface area contributed by atoms with Gasteiger partial charge in [-0.3, -0.25) is 9.69 Å². The fourth-order valence-corrected chi connectivity index (χ4v) is 5.56. The first-order valence-electron chi connectivity index (χ1n) is 12.9. The number of carbonyl (C=O) groups excluding carboxylic acids is 1. The largest absolute Gasteiger partial charge is 0.493 e. The Balaban J connectivity index is 1.11. The Morgan fingerprint density at radius 3 is 2.27 bits per heavy atom. The van der Waals surface area contributed by atoms with Gasteiger partial charge in [0.1, 0.15) is 12.4 Å². The van der Waals surface area contributed by atoms with Crippen LogP contribution in [0.25, 0.3) is 0 Å². The van der Waals surface area contributed by atoms with Crippen LogP contribution in [0.2, 0.25) is 0 Å². The molecule has 0 saturated carbocycles. The van der Waals surface area contributed by atoms with Gasteiger partial charge in [0, 0.05) is 18.5 Å². The molecule has 1 aliphatic heterocycles. The highest BCUT2D eigenvalue weighted by atomic mass is 19.1. The minimum Gasteiger partial charge on any atom is -0.493 e. The van der Waals surface area contributed by atoms with Crippen molar-refractivity contribution in [3.63, 3.8) is 0 Å². The molecule has 3 aromatic carbocycles. The van der Waals surface area contributed by atoms with Gasteiger partial charge in [-0.15, -0.1) is 0 Å². The third-order valence-corrected chi connectivity index (χ3v) is 7.63. The molecule has 0 N–H and O–H groups in total. The Hall–Kier alpha value is -3.38. The van der Waals surface area contributed by atoms with Gasteiger partial charge in [0.15, 0.2) is 17.2 Å². The van der Waals surface area contributed by atoms with Crippen molar-refractivity contribution in [1.29, 1.82) is 0 Å². The predicted octanol–water partition coefficient (Wildman–Crippen LogP) is 6.03. The number of ether oxygens (including phenoxy) is 3. The van der Waals surface area contributed by atoms with Gasteiger partial charge < -0.3 is 14.2 Å². The molecule has 194 valence electrons. The van der Waals surface area contributed by atoms with Crippen molar-refractivity contribution in [2.75, 3.05) is 27.3 Å². The van der Waals surface area contributed by atoms with E-state index in [1.807, 2.05) is 30.3 Å². The summed E-state index contributed by atoms with van der Waals surface area (Å²) in [6, 6.07) is 21.8. The molecule has 1 heterocycles. The number of Topliss-reactive ketones (excluding diaryl/α,β-unsaturated/α-hetero) is 1. The second-order valence-corrected chi connectivity index (χ2v) is 10.2. The Kier molecular flexibility index (Phi) is 7.47. The molecule has 0 bridgehead atoms. The lowest BCUT2D eigenvalue weighted by atomic mass is 9.83. The monoisotopic (exact) mass is 503 g/mol. The van der Waals surface area contributed by atoms with E-state index in [0.29, 0.717) is 29.2 Å². The molecular weight excluding hydrogens is 469 g/mol. The number of ketones is 1. The SMILES string of the molecule is COc1cc2c(cc1OC)C(=O)C(F)(CC1CCN(Cc3ccc(OCc4ccccc4)cc3)CC1)C2. The van der Waals surface area contributed by atoms with Gasteiger partial charge in [0.2, 0.25) is 5.78 Å². The molecule has 1 saturated heterocycles. The van der Waals surface area contributed by atoms with Crippen molar-refractivity contribution in [3.05, 3.63) is 89.0 Å². The number of halogens is 1. The zero-order valence-corrected chi connectivity index (χ0v) is 21.5. The minimum absolute atomic E-state index is 0.112. The molecule has 1 unspecified atom stereocenters. The summed E-state index contributed by atoms with van der Waals surface area (Å²) in [5.41, 5.74) is 1.67. The molecule has 5 nitrogen and oxygen atoms in total. The minimum atomic E-state index is -1.85. The van der Waals surface area contributed by atoms with Crippen LogP contribution in [0.15, 0.2) is 66.7 Å². The fraction of sp³-hybridized carbons (Fsp3) is 0.387. The Bertz CT molecular complexity index is 1220. The third kappa shape index (κ3) is 5.64. The molecule has 0 spiro atoms. The van der Waals surface area contributed by atoms with Crippen molar-refractivity contribution in [2.24, 2.45) is 5.92 Å². The van der Waals surface area contributed by atoms with Crippen LogP contribution in [0.3, 0.4) is 0 Å². The Morgan fingerprint density at radius 2 is 1.59 bits per heavy atom. The maximum atomic E-state index is 16.0. The van der Waals surface area contributed by atoms with Gasteiger partial charge in [-0.05, 0) is 79.2 Å². The van der Waals surface area contributed by atoms with Gasteiger partial charge >= 0.3 is 0 Å². The Labute approximate surface area is 218 Å². The van der Waals surface area contributed by atoms with E-state index in [1.165, 1.54) is 12.7 Å². The van der Waals surface area contributed by atoms with Crippen molar-refractivity contribution in [1.82, 2.24) is 4.90 Å². The van der Waals surface area contributed by atoms with E-state index in [9.17, 15) is 4.79 Å². The number of nitrogens with zero attached hydrogens (tertiary/aromatic N) is 1. The van der Waals surface area contributed by atoms with E-state index in [0.717, 1.165) is 43.8 Å². The van der Waals surface area contributed by atoms with Gasteiger partial charge in [0.25, 0.3) is 0 Å². The smallest absolute Gasteiger partial charge is 0.200 e. The summed E-state index contributed by atoms with van der Waals surface area (Å²) in [5, 5.41) is 0. The summed E-state index contributed by atoms with van der Waals surface area (Å²) in [6.45, 7) is 3.21. The van der Waals surface area contributed by atoms with E-state index in [-0.39, 0.29) is 18.8 Å². The summed E-state index contributed by atoms with van der Waals surface area (Å²) >= 11 is 0. The molecule has 1 aliphatic carbocycles. The van der Waals surface area contributed by atoms with Gasteiger partial charge in [0.05, 0.1) is 14.2 Å². The maximum absolute atomic E-state index is 16.0. The van der Waals surface area contributed by atoms with Crippen molar-refractivity contribution < 1.29 is 23.4 Å². The molecule has 6 heteroatoms. The van der Waals surface area contributed by atoms with Gasteiger partial charge in [-0.25, -0.2) is 4.39 Å². The molecule has 3 aromatic rings. The van der Waals surface area contributed by atoms with Crippen molar-refractivity contribution >= 4 is 5.78 Å². The zero-order chi connectivity index (χ0) is 25.8. The average Bonchev–Trinajstić information content (AvgIpc) is 3.17. The molecular formula is C31H34FNO4. The van der Waals surface area contributed by atoms with Crippen LogP contribution < -0.4 is 14.2 Å². The van der Waals surface area contributed by atoms with Crippen LogP contribution in [-0.2, 0) is 19.6 Å². The number of benzene rings is 3. The normalized spacial score (nSPS) is 20.0. The van der Waals surface area contributed by atoms with Crippen LogP contribution >= 0.6 is 0 Å². The highest BCUT2D eigenvalue weighted by Crippen LogP contribution is 2.43. The third-order valence-electron chi connectivity index (χ3n) is 7.63. The van der Waals surface area contributed by atoms with Crippen LogP contribution in [0, 0.1) is 5.92 Å². The number of alkyl halides is 1. The molecule has 0 amide bonds. The summed E-state index contributed by atoms with van der Waals surface area (Å²) in [5.74, 6) is 1.62. The quantitative estimate of drug-likeness (QED) is 0.357. The van der Waals surface area contributed by atoms with Gasteiger partial charge in [-0.1, -0.05) is 42.5 Å².